The van der Waals surface area contributed by atoms with Gasteiger partial charge in [-0.25, -0.2) is 9.59 Å². The molecule has 2 N–H and O–H groups in total. The largest absolute Gasteiger partial charge is 0.490 e. The van der Waals surface area contributed by atoms with Crippen LogP contribution in [0.5, 0.6) is 11.5 Å². The predicted molar refractivity (Wildman–Crippen MR) is 189 cm³/mol. The van der Waals surface area contributed by atoms with Gasteiger partial charge < -0.3 is 29.6 Å². The van der Waals surface area contributed by atoms with E-state index in [1.807, 2.05) is 31.2 Å². The van der Waals surface area contributed by atoms with Crippen LogP contribution in [-0.4, -0.2) is 65.3 Å². The second-order valence-corrected chi connectivity index (χ2v) is 15.2. The summed E-state index contributed by atoms with van der Waals surface area (Å²) in [5.74, 6) is -0.426. The van der Waals surface area contributed by atoms with Crippen LogP contribution in [-0.2, 0) is 32.2 Å². The molecule has 5 rings (SSSR count). The Bertz CT molecular complexity index is 1420. The third kappa shape index (κ3) is 9.01. The highest BCUT2D eigenvalue weighted by molar-refractivity contribution is 5.94. The fourth-order valence-corrected chi connectivity index (χ4v) is 7.52. The zero-order valence-electron chi connectivity index (χ0n) is 30.2. The summed E-state index contributed by atoms with van der Waals surface area (Å²) < 4.78 is 23.3. The summed E-state index contributed by atoms with van der Waals surface area (Å²) in [6.45, 7) is 16.9. The Kier molecular flexibility index (Phi) is 11.8. The molecule has 0 saturated heterocycles. The average molecular weight is 694 g/mol. The normalized spacial score (nSPS) is 25.8. The third-order valence-corrected chi connectivity index (χ3v) is 10.4. The van der Waals surface area contributed by atoms with Crippen molar-refractivity contribution in [2.75, 3.05) is 13.2 Å². The molecule has 11 nitrogen and oxygen atoms in total. The zero-order valence-corrected chi connectivity index (χ0v) is 30.2. The molecule has 6 atom stereocenters. The quantitative estimate of drug-likeness (QED) is 0.161. The highest BCUT2D eigenvalue weighted by Gasteiger charge is 2.54. The van der Waals surface area contributed by atoms with Gasteiger partial charge in [0, 0.05) is 36.9 Å². The molecule has 1 unspecified atom stereocenters. The summed E-state index contributed by atoms with van der Waals surface area (Å²) in [7, 11) is 0. The van der Waals surface area contributed by atoms with Crippen molar-refractivity contribution in [3.63, 3.8) is 0 Å². The number of carbonyl (C=O) groups is 4. The van der Waals surface area contributed by atoms with Gasteiger partial charge in [-0.2, -0.15) is 0 Å². The van der Waals surface area contributed by atoms with Crippen LogP contribution in [0.1, 0.15) is 103 Å². The van der Waals surface area contributed by atoms with Crippen LogP contribution in [0.15, 0.2) is 37.4 Å². The lowest BCUT2D eigenvalue weighted by Crippen LogP contribution is -2.49. The minimum absolute atomic E-state index is 0.167. The predicted octanol–water partition coefficient (Wildman–Crippen LogP) is 6.76. The van der Waals surface area contributed by atoms with E-state index in [4.69, 9.17) is 18.9 Å². The lowest BCUT2D eigenvalue weighted by Gasteiger charge is -2.27. The monoisotopic (exact) mass is 693 g/mol. The maximum atomic E-state index is 14.4. The summed E-state index contributed by atoms with van der Waals surface area (Å²) in [4.78, 5) is 56.5. The zero-order chi connectivity index (χ0) is 36.1. The number of alkyl carbamates (subject to hydrolysis) is 1. The van der Waals surface area contributed by atoms with Crippen LogP contribution in [0.4, 0.5) is 9.59 Å². The Morgan fingerprint density at radius 2 is 1.68 bits per heavy atom. The molecular weight excluding hydrogens is 638 g/mol. The number of ketones is 1. The first-order valence-electron chi connectivity index (χ1n) is 18.3. The number of carbonyl (C=O) groups excluding carboxylic acids is 4. The topological polar surface area (TPSA) is 132 Å². The Morgan fingerprint density at radius 3 is 2.26 bits per heavy atom. The van der Waals surface area contributed by atoms with Gasteiger partial charge in [-0.05, 0) is 89.0 Å². The first-order valence-corrected chi connectivity index (χ1v) is 18.3. The summed E-state index contributed by atoms with van der Waals surface area (Å²) in [5.41, 5.74) is 0.815. The molecule has 2 aliphatic carbocycles. The van der Waals surface area contributed by atoms with Crippen LogP contribution < -0.4 is 20.1 Å². The van der Waals surface area contributed by atoms with Crippen molar-refractivity contribution in [2.24, 2.45) is 17.8 Å². The molecule has 50 heavy (non-hydrogen) atoms. The number of rotatable bonds is 14. The number of hydrogen-bond acceptors (Lipinski definition) is 8. The molecule has 1 aromatic rings. The number of hydrogen-bond donors (Lipinski definition) is 2. The van der Waals surface area contributed by atoms with Crippen molar-refractivity contribution in [3.05, 3.63) is 48.6 Å². The summed E-state index contributed by atoms with van der Waals surface area (Å²) >= 11 is 0. The van der Waals surface area contributed by atoms with Gasteiger partial charge in [-0.3, -0.25) is 14.5 Å². The molecule has 1 aromatic carbocycles. The number of fused-ring (bicyclic) bond motifs is 2. The Labute approximate surface area is 296 Å². The van der Waals surface area contributed by atoms with Crippen molar-refractivity contribution in [1.29, 1.82) is 0 Å². The molecule has 2 saturated carbocycles. The Balaban J connectivity index is 1.31. The number of allylic oxidation sites excluding steroid dienone is 1. The smallest absolute Gasteiger partial charge is 0.410 e. The molecule has 0 aromatic heterocycles. The first kappa shape index (κ1) is 37.2. The number of benzene rings is 1. The number of Topliss-reactive ketones (excluding diaryl/α,β-unsaturated/α-hetero) is 1. The minimum Gasteiger partial charge on any atom is -0.490 e. The number of nitrogens with zero attached hydrogens (tertiary/aromatic N) is 1. The van der Waals surface area contributed by atoms with E-state index in [0.717, 1.165) is 49.7 Å². The van der Waals surface area contributed by atoms with Crippen LogP contribution in [0.25, 0.3) is 0 Å². The van der Waals surface area contributed by atoms with Crippen molar-refractivity contribution < 1.29 is 38.1 Å². The van der Waals surface area contributed by atoms with E-state index in [1.165, 1.54) is 0 Å². The second kappa shape index (κ2) is 15.9. The first-order chi connectivity index (χ1) is 23.9. The van der Waals surface area contributed by atoms with Gasteiger partial charge in [0.15, 0.2) is 17.3 Å². The Morgan fingerprint density at radius 1 is 1.02 bits per heavy atom. The maximum absolute atomic E-state index is 14.4. The van der Waals surface area contributed by atoms with E-state index in [9.17, 15) is 19.2 Å². The van der Waals surface area contributed by atoms with Gasteiger partial charge >= 0.3 is 12.2 Å². The van der Waals surface area contributed by atoms with Crippen molar-refractivity contribution in [1.82, 2.24) is 15.5 Å². The molecule has 274 valence electrons. The van der Waals surface area contributed by atoms with Crippen LogP contribution in [0, 0.1) is 17.8 Å². The minimum atomic E-state index is -0.849. The lowest BCUT2D eigenvalue weighted by molar-refractivity contribution is -0.134. The average Bonchev–Trinajstić information content (AvgIpc) is 3.46. The number of amides is 3. The molecule has 0 radical (unpaired) electrons. The SMILES string of the molecule is C=CCCCCC[C@H](NC(=O)OC(C)(C)C)C(=O)C1C[C@H](OC(=O)N2Cc3cc4c(cc3C2)OCCCO4)C[C@H]1C(=O)N[C@]1(CC)C[C@H]1C=C. The second-order valence-electron chi connectivity index (χ2n) is 15.2. The van der Waals surface area contributed by atoms with Gasteiger partial charge in [-0.1, -0.05) is 31.9 Å². The molecule has 11 heteroatoms. The molecule has 0 bridgehead atoms. The molecular formula is C39H55N3O8. The molecule has 4 aliphatic rings. The van der Waals surface area contributed by atoms with Gasteiger partial charge in [0.25, 0.3) is 0 Å². The van der Waals surface area contributed by atoms with E-state index < -0.39 is 41.8 Å². The van der Waals surface area contributed by atoms with Crippen LogP contribution in [0.2, 0.25) is 0 Å². The van der Waals surface area contributed by atoms with E-state index in [-0.39, 0.29) is 36.0 Å². The highest BCUT2D eigenvalue weighted by Crippen LogP contribution is 2.48. The van der Waals surface area contributed by atoms with E-state index in [1.54, 1.807) is 25.7 Å². The van der Waals surface area contributed by atoms with Crippen LogP contribution >= 0.6 is 0 Å². The molecule has 2 fully saturated rings. The van der Waals surface area contributed by atoms with E-state index >= 15 is 0 Å². The summed E-state index contributed by atoms with van der Waals surface area (Å²) in [6, 6.07) is 3.01. The molecule has 2 heterocycles. The maximum Gasteiger partial charge on any atom is 0.410 e. The van der Waals surface area contributed by atoms with Gasteiger partial charge in [-0.15, -0.1) is 13.2 Å². The van der Waals surface area contributed by atoms with E-state index in [0.29, 0.717) is 50.6 Å². The molecule has 0 spiro atoms. The third-order valence-electron chi connectivity index (χ3n) is 10.4. The Hall–Kier alpha value is -4.02. The van der Waals surface area contributed by atoms with Gasteiger partial charge in [0.1, 0.15) is 11.7 Å². The number of unbranched alkanes of at least 4 members (excludes halogenated alkanes) is 3. The van der Waals surface area contributed by atoms with Crippen molar-refractivity contribution in [2.45, 2.75) is 128 Å². The van der Waals surface area contributed by atoms with Gasteiger partial charge in [0.2, 0.25) is 5.91 Å². The summed E-state index contributed by atoms with van der Waals surface area (Å²) in [5, 5.41) is 6.05. The summed E-state index contributed by atoms with van der Waals surface area (Å²) in [6.07, 6.45) is 8.41. The molecule has 3 amide bonds. The fraction of sp³-hybridized carbons (Fsp3) is 0.641. The number of nitrogens with one attached hydrogen (secondary N) is 2. The number of ether oxygens (including phenoxy) is 4. The highest BCUT2D eigenvalue weighted by atomic mass is 16.6. The van der Waals surface area contributed by atoms with Crippen molar-refractivity contribution in [3.8, 4) is 11.5 Å². The van der Waals surface area contributed by atoms with E-state index in [2.05, 4.69) is 23.8 Å². The van der Waals surface area contributed by atoms with Crippen molar-refractivity contribution >= 4 is 23.9 Å². The molecule has 2 aliphatic heterocycles. The fourth-order valence-electron chi connectivity index (χ4n) is 7.52. The van der Waals surface area contributed by atoms with Gasteiger partial charge in [0.05, 0.1) is 25.2 Å². The lowest BCUT2D eigenvalue weighted by atomic mass is 9.85. The van der Waals surface area contributed by atoms with Crippen LogP contribution in [0.3, 0.4) is 0 Å². The standard InChI is InChI=1S/C39H55N3O8/c1-7-10-11-12-13-15-31(40-36(45)50-38(4,5)6)34(43)29-20-28(21-30(29)35(44)41-39(9-3)22-27(39)8-2)49-37(46)42-23-25-18-32-33(19-26(25)24-42)48-17-14-16-47-32/h7-8,18-19,27-31H,1-2,9-17,20-24H2,3-6H3,(H,40,45)(H,41,44)/t27-,28+,29?,30-,31+,39-/m1/s1.